The molecule has 20 heavy (non-hydrogen) atoms. The molecule has 0 aliphatic heterocycles. The van der Waals surface area contributed by atoms with Crippen molar-refractivity contribution in [3.05, 3.63) is 70.8 Å². The topological polar surface area (TPSA) is 17.1 Å². The van der Waals surface area contributed by atoms with Crippen molar-refractivity contribution in [3.8, 4) is 0 Å². The van der Waals surface area contributed by atoms with Gasteiger partial charge in [0, 0.05) is 11.5 Å². The first-order chi connectivity index (χ1) is 9.56. The Hall–Kier alpha value is -2.15. The minimum absolute atomic E-state index is 0.136. The number of hydrogen-bond acceptors (Lipinski definition) is 1. The number of Topliss-reactive ketones (excluding diaryl/α,β-unsaturated/α-hetero) is 1. The first-order valence-corrected chi connectivity index (χ1v) is 6.96. The summed E-state index contributed by atoms with van der Waals surface area (Å²) >= 11 is 0. The predicted molar refractivity (Wildman–Crippen MR) is 84.2 cm³/mol. The van der Waals surface area contributed by atoms with Crippen molar-refractivity contribution in [2.75, 3.05) is 0 Å². The molecular formula is C19H18O. The minimum Gasteiger partial charge on any atom is -0.295 e. The standard InChI is InChI=1S/C19H18O/c1-12-8-13(2)17(9-12)19-11-16-7-5-4-6-15(16)10-18(19)14(3)20/h4-11,17H,1-3H3. The molecule has 0 heterocycles. The molecule has 0 fully saturated rings. The summed E-state index contributed by atoms with van der Waals surface area (Å²) < 4.78 is 0. The van der Waals surface area contributed by atoms with Gasteiger partial charge >= 0.3 is 0 Å². The van der Waals surface area contributed by atoms with Crippen LogP contribution >= 0.6 is 0 Å². The van der Waals surface area contributed by atoms with Crippen LogP contribution in [0.5, 0.6) is 0 Å². The Bertz CT molecular complexity index is 762. The summed E-state index contributed by atoms with van der Waals surface area (Å²) in [5.74, 6) is 0.370. The summed E-state index contributed by atoms with van der Waals surface area (Å²) in [5, 5.41) is 2.32. The van der Waals surface area contributed by atoms with Crippen LogP contribution in [0.15, 0.2) is 59.7 Å². The highest BCUT2D eigenvalue weighted by Gasteiger charge is 2.21. The first kappa shape index (κ1) is 12.9. The molecule has 1 heteroatoms. The highest BCUT2D eigenvalue weighted by Crippen LogP contribution is 2.36. The summed E-state index contributed by atoms with van der Waals surface area (Å²) in [6, 6.07) is 12.4. The Morgan fingerprint density at radius 3 is 2.25 bits per heavy atom. The van der Waals surface area contributed by atoms with E-state index in [0.717, 1.165) is 16.5 Å². The smallest absolute Gasteiger partial charge is 0.160 e. The van der Waals surface area contributed by atoms with Crippen molar-refractivity contribution >= 4 is 16.6 Å². The number of carbonyl (C=O) groups is 1. The van der Waals surface area contributed by atoms with Gasteiger partial charge in [-0.05, 0) is 49.2 Å². The van der Waals surface area contributed by atoms with Crippen molar-refractivity contribution in [3.63, 3.8) is 0 Å². The Morgan fingerprint density at radius 1 is 1.05 bits per heavy atom. The monoisotopic (exact) mass is 262 g/mol. The number of fused-ring (bicyclic) bond motifs is 1. The lowest BCUT2D eigenvalue weighted by molar-refractivity contribution is 0.101. The molecule has 0 amide bonds. The van der Waals surface area contributed by atoms with E-state index in [1.807, 2.05) is 18.2 Å². The molecule has 0 radical (unpaired) electrons. The molecular weight excluding hydrogens is 244 g/mol. The van der Waals surface area contributed by atoms with E-state index in [4.69, 9.17) is 0 Å². The normalized spacial score (nSPS) is 18.1. The fraction of sp³-hybridized carbons (Fsp3) is 0.211. The van der Waals surface area contributed by atoms with Gasteiger partial charge in [-0.25, -0.2) is 0 Å². The molecule has 2 aromatic carbocycles. The average Bonchev–Trinajstić information content (AvgIpc) is 2.76. The zero-order valence-electron chi connectivity index (χ0n) is 12.1. The SMILES string of the molecule is CC(=O)c1cc2ccccc2cc1C1C=C(C)C=C1C. The van der Waals surface area contributed by atoms with Crippen LogP contribution in [0.2, 0.25) is 0 Å². The van der Waals surface area contributed by atoms with Gasteiger partial charge in [-0.15, -0.1) is 0 Å². The molecule has 2 aromatic rings. The Labute approximate surface area is 119 Å². The van der Waals surface area contributed by atoms with E-state index in [9.17, 15) is 4.79 Å². The maximum atomic E-state index is 12.0. The fourth-order valence-electron chi connectivity index (χ4n) is 3.05. The van der Waals surface area contributed by atoms with Crippen LogP contribution in [0.4, 0.5) is 0 Å². The average molecular weight is 262 g/mol. The van der Waals surface area contributed by atoms with Crippen molar-refractivity contribution in [1.29, 1.82) is 0 Å². The molecule has 0 aromatic heterocycles. The quantitative estimate of drug-likeness (QED) is 0.693. The van der Waals surface area contributed by atoms with Crippen LogP contribution in [-0.4, -0.2) is 5.78 Å². The van der Waals surface area contributed by atoms with Gasteiger partial charge in [0.15, 0.2) is 5.78 Å². The van der Waals surface area contributed by atoms with E-state index in [-0.39, 0.29) is 11.7 Å². The second-order valence-corrected chi connectivity index (χ2v) is 5.62. The number of rotatable bonds is 2. The van der Waals surface area contributed by atoms with E-state index in [1.165, 1.54) is 16.5 Å². The van der Waals surface area contributed by atoms with Crippen molar-refractivity contribution < 1.29 is 4.79 Å². The fourth-order valence-corrected chi connectivity index (χ4v) is 3.05. The molecule has 0 saturated heterocycles. The molecule has 0 spiro atoms. The van der Waals surface area contributed by atoms with E-state index < -0.39 is 0 Å². The van der Waals surface area contributed by atoms with Crippen LogP contribution in [-0.2, 0) is 0 Å². The van der Waals surface area contributed by atoms with E-state index in [2.05, 4.69) is 44.2 Å². The van der Waals surface area contributed by atoms with Gasteiger partial charge in [0.25, 0.3) is 0 Å². The second-order valence-electron chi connectivity index (χ2n) is 5.62. The van der Waals surface area contributed by atoms with E-state index in [0.29, 0.717) is 0 Å². The molecule has 1 nitrogen and oxygen atoms in total. The Morgan fingerprint density at radius 2 is 1.70 bits per heavy atom. The molecule has 100 valence electrons. The molecule has 0 bridgehead atoms. The van der Waals surface area contributed by atoms with Crippen LogP contribution < -0.4 is 0 Å². The van der Waals surface area contributed by atoms with Gasteiger partial charge < -0.3 is 0 Å². The first-order valence-electron chi connectivity index (χ1n) is 6.96. The zero-order chi connectivity index (χ0) is 14.3. The van der Waals surface area contributed by atoms with Gasteiger partial charge in [0.1, 0.15) is 0 Å². The summed E-state index contributed by atoms with van der Waals surface area (Å²) in [7, 11) is 0. The lowest BCUT2D eigenvalue weighted by Crippen LogP contribution is -2.04. The number of carbonyl (C=O) groups excluding carboxylic acids is 1. The lowest BCUT2D eigenvalue weighted by Gasteiger charge is -2.16. The highest BCUT2D eigenvalue weighted by molar-refractivity contribution is 6.00. The van der Waals surface area contributed by atoms with Gasteiger partial charge in [-0.3, -0.25) is 4.79 Å². The third-order valence-corrected chi connectivity index (χ3v) is 4.01. The molecule has 0 N–H and O–H groups in total. The molecule has 3 rings (SSSR count). The number of ketones is 1. The highest BCUT2D eigenvalue weighted by atomic mass is 16.1. The van der Waals surface area contributed by atoms with Gasteiger partial charge in [0.2, 0.25) is 0 Å². The summed E-state index contributed by atoms with van der Waals surface area (Å²) in [6.45, 7) is 5.90. The zero-order valence-corrected chi connectivity index (χ0v) is 12.1. The van der Waals surface area contributed by atoms with Crippen molar-refractivity contribution in [2.24, 2.45) is 0 Å². The Balaban J connectivity index is 2.26. The van der Waals surface area contributed by atoms with Crippen LogP contribution in [0.3, 0.4) is 0 Å². The molecule has 0 saturated carbocycles. The number of hydrogen-bond donors (Lipinski definition) is 0. The summed E-state index contributed by atoms with van der Waals surface area (Å²) in [6.07, 6.45) is 4.44. The van der Waals surface area contributed by atoms with E-state index in [1.54, 1.807) is 6.92 Å². The van der Waals surface area contributed by atoms with Crippen LogP contribution in [0.25, 0.3) is 10.8 Å². The summed E-state index contributed by atoms with van der Waals surface area (Å²) in [4.78, 5) is 12.0. The van der Waals surface area contributed by atoms with E-state index >= 15 is 0 Å². The third kappa shape index (κ3) is 2.09. The van der Waals surface area contributed by atoms with Gasteiger partial charge in [-0.2, -0.15) is 0 Å². The van der Waals surface area contributed by atoms with Crippen LogP contribution in [0.1, 0.15) is 42.6 Å². The predicted octanol–water partition coefficient (Wildman–Crippen LogP) is 5.03. The lowest BCUT2D eigenvalue weighted by atomic mass is 9.87. The number of benzene rings is 2. The van der Waals surface area contributed by atoms with Gasteiger partial charge in [-0.1, -0.05) is 47.6 Å². The van der Waals surface area contributed by atoms with Crippen molar-refractivity contribution in [2.45, 2.75) is 26.7 Å². The summed E-state index contributed by atoms with van der Waals surface area (Å²) in [5.41, 5.74) is 4.55. The maximum Gasteiger partial charge on any atom is 0.160 e. The van der Waals surface area contributed by atoms with Crippen LogP contribution in [0, 0.1) is 0 Å². The minimum atomic E-state index is 0.136. The molecule has 1 atom stereocenters. The number of allylic oxidation sites excluding steroid dienone is 4. The second kappa shape index (κ2) is 4.75. The molecule has 1 unspecified atom stereocenters. The molecule has 1 aliphatic carbocycles. The molecule has 1 aliphatic rings. The Kier molecular flexibility index (Phi) is 3.06. The van der Waals surface area contributed by atoms with Gasteiger partial charge in [0.05, 0.1) is 0 Å². The largest absolute Gasteiger partial charge is 0.295 e. The third-order valence-electron chi connectivity index (χ3n) is 4.01. The maximum absolute atomic E-state index is 12.0. The van der Waals surface area contributed by atoms with Crippen molar-refractivity contribution in [1.82, 2.24) is 0 Å².